The normalized spacial score (nSPS) is 22.1. The second-order valence-corrected chi connectivity index (χ2v) is 4.15. The van der Waals surface area contributed by atoms with E-state index >= 15 is 0 Å². The molecule has 0 bridgehead atoms. The Labute approximate surface area is 98.6 Å². The van der Waals surface area contributed by atoms with Gasteiger partial charge in [0, 0.05) is 0 Å². The molecule has 0 aliphatic heterocycles. The Morgan fingerprint density at radius 3 is 2.65 bits per heavy atom. The first-order valence-corrected chi connectivity index (χ1v) is 5.56. The third-order valence-electron chi connectivity index (χ3n) is 2.82. The summed E-state index contributed by atoms with van der Waals surface area (Å²) >= 11 is 0. The fourth-order valence-electron chi connectivity index (χ4n) is 2.00. The minimum atomic E-state index is -4.81. The van der Waals surface area contributed by atoms with Crippen LogP contribution in [0.3, 0.4) is 0 Å². The van der Waals surface area contributed by atoms with Crippen LogP contribution in [0.1, 0.15) is 33.1 Å². The third kappa shape index (κ3) is 3.61. The summed E-state index contributed by atoms with van der Waals surface area (Å²) in [5, 5.41) is 2.05. The van der Waals surface area contributed by atoms with E-state index < -0.39 is 18.1 Å². The van der Waals surface area contributed by atoms with Crippen molar-refractivity contribution in [2.75, 3.05) is 0 Å². The summed E-state index contributed by atoms with van der Waals surface area (Å²) in [6, 6.07) is -0.519. The van der Waals surface area contributed by atoms with Crippen molar-refractivity contribution in [2.45, 2.75) is 45.3 Å². The summed E-state index contributed by atoms with van der Waals surface area (Å²) in [6.07, 6.45) is 0.964. The molecule has 0 fully saturated rings. The van der Waals surface area contributed by atoms with Crippen molar-refractivity contribution in [3.05, 3.63) is 23.3 Å². The molecule has 1 aliphatic rings. The molecule has 0 aromatic rings. The van der Waals surface area contributed by atoms with Gasteiger partial charge in [-0.25, -0.2) is 0 Å². The molecular formula is C12H16F3NO. The van der Waals surface area contributed by atoms with Crippen LogP contribution in [0.4, 0.5) is 13.2 Å². The molecule has 17 heavy (non-hydrogen) atoms. The number of carbonyl (C=O) groups excluding carboxylic acids is 1. The van der Waals surface area contributed by atoms with Gasteiger partial charge in [-0.2, -0.15) is 13.2 Å². The molecule has 2 nitrogen and oxygen atoms in total. The Morgan fingerprint density at radius 2 is 2.12 bits per heavy atom. The number of nitrogens with one attached hydrogen (secondary N) is 1. The summed E-state index contributed by atoms with van der Waals surface area (Å²) in [6.45, 7) is 3.69. The van der Waals surface area contributed by atoms with Crippen LogP contribution in [0.15, 0.2) is 23.3 Å². The Kier molecular flexibility index (Phi) is 4.37. The fraction of sp³-hybridized carbons (Fsp3) is 0.583. The van der Waals surface area contributed by atoms with Gasteiger partial charge in [-0.3, -0.25) is 4.79 Å². The molecule has 1 atom stereocenters. The quantitative estimate of drug-likeness (QED) is 0.798. The molecule has 0 saturated heterocycles. The summed E-state index contributed by atoms with van der Waals surface area (Å²) < 4.78 is 36.5. The summed E-state index contributed by atoms with van der Waals surface area (Å²) in [4.78, 5) is 10.9. The topological polar surface area (TPSA) is 29.1 Å². The van der Waals surface area contributed by atoms with Gasteiger partial charge in [0.15, 0.2) is 0 Å². The smallest absolute Gasteiger partial charge is 0.341 e. The highest BCUT2D eigenvalue weighted by Crippen LogP contribution is 2.27. The second kappa shape index (κ2) is 5.38. The van der Waals surface area contributed by atoms with Crippen molar-refractivity contribution >= 4 is 5.91 Å². The van der Waals surface area contributed by atoms with Gasteiger partial charge in [0.1, 0.15) is 0 Å². The average Bonchev–Trinajstić information content (AvgIpc) is 2.21. The van der Waals surface area contributed by atoms with Crippen LogP contribution in [0.5, 0.6) is 0 Å². The van der Waals surface area contributed by atoms with E-state index in [1.807, 2.05) is 6.92 Å². The Morgan fingerprint density at radius 1 is 1.47 bits per heavy atom. The highest BCUT2D eigenvalue weighted by atomic mass is 19.4. The number of allylic oxidation sites excluding steroid dienone is 2. The molecule has 1 aliphatic carbocycles. The van der Waals surface area contributed by atoms with Crippen molar-refractivity contribution in [1.82, 2.24) is 5.32 Å². The van der Waals surface area contributed by atoms with E-state index in [1.165, 1.54) is 0 Å². The maximum absolute atomic E-state index is 12.2. The summed E-state index contributed by atoms with van der Waals surface area (Å²) in [7, 11) is 0. The molecule has 1 rings (SSSR count). The van der Waals surface area contributed by atoms with Crippen LogP contribution < -0.4 is 5.32 Å². The van der Waals surface area contributed by atoms with Gasteiger partial charge in [-0.15, -0.1) is 0 Å². The molecule has 0 unspecified atom stereocenters. The van der Waals surface area contributed by atoms with Crippen molar-refractivity contribution in [3.8, 4) is 0 Å². The monoisotopic (exact) mass is 247 g/mol. The van der Waals surface area contributed by atoms with Gasteiger partial charge in [0.25, 0.3) is 0 Å². The average molecular weight is 247 g/mol. The highest BCUT2D eigenvalue weighted by molar-refractivity contribution is 5.82. The Bertz CT molecular complexity index is 355. The van der Waals surface area contributed by atoms with Crippen molar-refractivity contribution in [1.29, 1.82) is 0 Å². The minimum Gasteiger partial charge on any atom is -0.341 e. The molecule has 0 spiro atoms. The van der Waals surface area contributed by atoms with Crippen LogP contribution in [-0.2, 0) is 4.79 Å². The predicted molar refractivity (Wildman–Crippen MR) is 59.4 cm³/mol. The predicted octanol–water partition coefficient (Wildman–Crippen LogP) is 3.11. The van der Waals surface area contributed by atoms with Gasteiger partial charge >= 0.3 is 12.1 Å². The zero-order valence-corrected chi connectivity index (χ0v) is 9.90. The van der Waals surface area contributed by atoms with Gasteiger partial charge < -0.3 is 5.32 Å². The lowest BCUT2D eigenvalue weighted by molar-refractivity contribution is -0.174. The number of halogens is 3. The van der Waals surface area contributed by atoms with Gasteiger partial charge in [-0.1, -0.05) is 17.7 Å². The van der Waals surface area contributed by atoms with E-state index in [4.69, 9.17) is 0 Å². The lowest BCUT2D eigenvalue weighted by Crippen LogP contribution is -2.44. The van der Waals surface area contributed by atoms with Gasteiger partial charge in [0.2, 0.25) is 0 Å². The zero-order valence-electron chi connectivity index (χ0n) is 9.90. The largest absolute Gasteiger partial charge is 0.471 e. The molecule has 1 N–H and O–H groups in total. The van der Waals surface area contributed by atoms with E-state index in [0.29, 0.717) is 6.42 Å². The molecule has 96 valence electrons. The van der Waals surface area contributed by atoms with Crippen LogP contribution in [-0.4, -0.2) is 18.1 Å². The third-order valence-corrected chi connectivity index (χ3v) is 2.82. The van der Waals surface area contributed by atoms with Crippen molar-refractivity contribution in [3.63, 3.8) is 0 Å². The number of alkyl halides is 3. The first-order valence-electron chi connectivity index (χ1n) is 5.56. The van der Waals surface area contributed by atoms with Gasteiger partial charge in [-0.05, 0) is 38.7 Å². The zero-order chi connectivity index (χ0) is 13.1. The Balaban J connectivity index is 2.83. The minimum absolute atomic E-state index is 0.519. The summed E-state index contributed by atoms with van der Waals surface area (Å²) in [5.74, 6) is -1.86. The van der Waals surface area contributed by atoms with Crippen LogP contribution in [0.25, 0.3) is 0 Å². The molecule has 0 saturated carbocycles. The molecule has 0 aromatic heterocycles. The van der Waals surface area contributed by atoms with Crippen LogP contribution in [0, 0.1) is 0 Å². The van der Waals surface area contributed by atoms with E-state index in [9.17, 15) is 18.0 Å². The summed E-state index contributed by atoms with van der Waals surface area (Å²) in [5.41, 5.74) is 1.85. The van der Waals surface area contributed by atoms with Crippen LogP contribution in [0.2, 0.25) is 0 Å². The SMILES string of the molecule is C/C=C\C1=C(C)CCC[C@@H]1NC(=O)C(F)(F)F. The van der Waals surface area contributed by atoms with E-state index in [-0.39, 0.29) is 0 Å². The molecule has 0 radical (unpaired) electrons. The van der Waals surface area contributed by atoms with Crippen molar-refractivity contribution in [2.24, 2.45) is 0 Å². The molecular weight excluding hydrogens is 231 g/mol. The standard InChI is InChI=1S/C12H16F3NO/c1-3-5-9-8(2)6-4-7-10(9)16-11(17)12(13,14)15/h3,5,10H,4,6-7H2,1-2H3,(H,16,17)/b5-3-/t10-/m0/s1. The fourth-order valence-corrected chi connectivity index (χ4v) is 2.00. The number of amides is 1. The number of rotatable bonds is 2. The van der Waals surface area contributed by atoms with E-state index in [0.717, 1.165) is 24.0 Å². The van der Waals surface area contributed by atoms with Crippen molar-refractivity contribution < 1.29 is 18.0 Å². The number of hydrogen-bond donors (Lipinski definition) is 1. The Hall–Kier alpha value is -1.26. The lowest BCUT2D eigenvalue weighted by Gasteiger charge is -2.27. The molecule has 1 amide bonds. The molecule has 0 aromatic carbocycles. The van der Waals surface area contributed by atoms with E-state index in [1.54, 1.807) is 19.1 Å². The first-order chi connectivity index (χ1) is 7.86. The molecule has 0 heterocycles. The molecule has 5 heteroatoms. The maximum atomic E-state index is 12.2. The number of hydrogen-bond acceptors (Lipinski definition) is 1. The van der Waals surface area contributed by atoms with E-state index in [2.05, 4.69) is 5.32 Å². The number of carbonyl (C=O) groups is 1. The van der Waals surface area contributed by atoms with Crippen LogP contribution >= 0.6 is 0 Å². The first kappa shape index (κ1) is 13.8. The highest BCUT2D eigenvalue weighted by Gasteiger charge is 2.40. The lowest BCUT2D eigenvalue weighted by atomic mass is 9.88. The second-order valence-electron chi connectivity index (χ2n) is 4.15. The maximum Gasteiger partial charge on any atom is 0.471 e. The van der Waals surface area contributed by atoms with Gasteiger partial charge in [0.05, 0.1) is 6.04 Å².